The van der Waals surface area contributed by atoms with Crippen LogP contribution in [0, 0.1) is 0 Å². The first-order valence-corrected chi connectivity index (χ1v) is 8.38. The summed E-state index contributed by atoms with van der Waals surface area (Å²) in [5.74, 6) is 0.258. The van der Waals surface area contributed by atoms with Gasteiger partial charge in [0, 0.05) is 11.3 Å². The van der Waals surface area contributed by atoms with Crippen LogP contribution in [-0.4, -0.2) is 30.4 Å². The maximum Gasteiger partial charge on any atom is 0.491 e. The zero-order valence-electron chi connectivity index (χ0n) is 14.5. The van der Waals surface area contributed by atoms with Crippen LogP contribution < -0.4 is 0 Å². The minimum absolute atomic E-state index is 0.198. The summed E-state index contributed by atoms with van der Waals surface area (Å²) in [5, 5.41) is 0. The quantitative estimate of drug-likeness (QED) is 0.482. The molecule has 0 saturated carbocycles. The van der Waals surface area contributed by atoms with Gasteiger partial charge in [-0.2, -0.15) is 25.8 Å². The van der Waals surface area contributed by atoms with E-state index in [0.717, 1.165) is 12.1 Å². The molecule has 0 unspecified atom stereocenters. The lowest BCUT2D eigenvalue weighted by Gasteiger charge is -2.32. The summed E-state index contributed by atoms with van der Waals surface area (Å²) in [4.78, 5) is 10.8. The van der Waals surface area contributed by atoms with Crippen LogP contribution in [0.15, 0.2) is 23.7 Å². The Balaban J connectivity index is 2.40. The van der Waals surface area contributed by atoms with Gasteiger partial charge in [0.25, 0.3) is 0 Å². The van der Waals surface area contributed by atoms with Crippen molar-refractivity contribution in [1.82, 2.24) is 0 Å². The molecular weight excluding hydrogens is 352 g/mol. The van der Waals surface area contributed by atoms with E-state index in [1.54, 1.807) is 6.08 Å². The first-order valence-electron chi connectivity index (χ1n) is 7.74. The van der Waals surface area contributed by atoms with Crippen LogP contribution in [0.1, 0.15) is 49.2 Å². The smallest absolute Gasteiger partial charge is 0.400 e. The van der Waals surface area contributed by atoms with Gasteiger partial charge in [0.05, 0.1) is 16.8 Å². The molecule has 0 N–H and O–H groups in total. The molecule has 8 heteroatoms. The van der Waals surface area contributed by atoms with Crippen molar-refractivity contribution in [2.45, 2.75) is 45.1 Å². The number of carbonyl (C=O) groups excluding carboxylic acids is 1. The van der Waals surface area contributed by atoms with Gasteiger partial charge in [0.1, 0.15) is 0 Å². The summed E-state index contributed by atoms with van der Waals surface area (Å²) in [5.41, 5.74) is -1.57. The van der Waals surface area contributed by atoms with E-state index in [-0.39, 0.29) is 12.0 Å². The van der Waals surface area contributed by atoms with Crippen molar-refractivity contribution >= 4 is 32.1 Å². The number of aldehydes is 1. The topological polar surface area (TPSA) is 35.5 Å². The molecule has 0 amide bonds. The van der Waals surface area contributed by atoms with Gasteiger partial charge < -0.3 is 9.31 Å². The van der Waals surface area contributed by atoms with E-state index in [4.69, 9.17) is 9.31 Å². The lowest BCUT2D eigenvalue weighted by Crippen LogP contribution is -2.41. The van der Waals surface area contributed by atoms with E-state index in [9.17, 15) is 18.0 Å². The number of alkyl halides is 3. The summed E-state index contributed by atoms with van der Waals surface area (Å²) >= 11 is 4.25. The van der Waals surface area contributed by atoms with Crippen molar-refractivity contribution in [3.63, 3.8) is 0 Å². The second-order valence-electron chi connectivity index (χ2n) is 6.93. The molecule has 0 aromatic heterocycles. The SMILES string of the molecule is CC1(C)OB(C(=Cc2ccc(C=O)c(C(F)(F)F)c2)CS)OC1(C)C. The van der Waals surface area contributed by atoms with Gasteiger partial charge in [0.15, 0.2) is 6.29 Å². The molecule has 1 aliphatic rings. The number of hydrogen-bond acceptors (Lipinski definition) is 4. The maximum atomic E-state index is 13.1. The number of carbonyl (C=O) groups is 1. The van der Waals surface area contributed by atoms with Crippen LogP contribution in [-0.2, 0) is 15.5 Å². The minimum Gasteiger partial charge on any atom is -0.400 e. The van der Waals surface area contributed by atoms with Gasteiger partial charge in [-0.3, -0.25) is 4.79 Å². The first-order chi connectivity index (χ1) is 11.4. The normalized spacial score (nSPS) is 20.0. The molecule has 0 aliphatic carbocycles. The van der Waals surface area contributed by atoms with Crippen LogP contribution in [0.25, 0.3) is 6.08 Å². The summed E-state index contributed by atoms with van der Waals surface area (Å²) in [6.07, 6.45) is -2.85. The number of halogens is 3. The summed E-state index contributed by atoms with van der Waals surface area (Å²) in [6, 6.07) is 3.55. The van der Waals surface area contributed by atoms with Crippen molar-refractivity contribution < 1.29 is 27.3 Å². The molecule has 1 saturated heterocycles. The zero-order chi connectivity index (χ0) is 19.0. The fourth-order valence-corrected chi connectivity index (χ4v) is 2.65. The number of hydrogen-bond donors (Lipinski definition) is 1. The number of benzene rings is 1. The molecule has 1 aromatic rings. The van der Waals surface area contributed by atoms with Crippen molar-refractivity contribution in [2.75, 3.05) is 5.75 Å². The molecule has 0 radical (unpaired) electrons. The van der Waals surface area contributed by atoms with Crippen LogP contribution >= 0.6 is 12.6 Å². The highest BCUT2D eigenvalue weighted by Gasteiger charge is 2.52. The first kappa shape index (κ1) is 20.1. The largest absolute Gasteiger partial charge is 0.491 e. The second-order valence-corrected chi connectivity index (χ2v) is 7.24. The highest BCUT2D eigenvalue weighted by atomic mass is 32.1. The van der Waals surface area contributed by atoms with Gasteiger partial charge in [0.2, 0.25) is 0 Å². The van der Waals surface area contributed by atoms with Crippen LogP contribution in [0.3, 0.4) is 0 Å². The van der Waals surface area contributed by atoms with E-state index >= 15 is 0 Å². The third-order valence-corrected chi connectivity index (χ3v) is 4.97. The maximum absolute atomic E-state index is 13.1. The average Bonchev–Trinajstić information content (AvgIpc) is 2.71. The standard InChI is InChI=1S/C17H20BF3O3S/c1-15(2)16(3,4)24-18(23-15)13(10-25)7-11-5-6-12(9-22)14(8-11)17(19,20)21/h5-9,25H,10H2,1-4H3. The van der Waals surface area contributed by atoms with Gasteiger partial charge in [-0.15, -0.1) is 0 Å². The second kappa shape index (κ2) is 6.81. The van der Waals surface area contributed by atoms with Gasteiger partial charge in [-0.05, 0) is 44.8 Å². The Morgan fingerprint density at radius 1 is 1.20 bits per heavy atom. The van der Waals surface area contributed by atoms with E-state index in [2.05, 4.69) is 12.6 Å². The highest BCUT2D eigenvalue weighted by Crippen LogP contribution is 2.39. The van der Waals surface area contributed by atoms with Crippen molar-refractivity contribution in [2.24, 2.45) is 0 Å². The van der Waals surface area contributed by atoms with Gasteiger partial charge >= 0.3 is 13.3 Å². The number of thiol groups is 1. The third kappa shape index (κ3) is 4.12. The van der Waals surface area contributed by atoms with Gasteiger partial charge in [-0.1, -0.05) is 18.2 Å². The van der Waals surface area contributed by atoms with Gasteiger partial charge in [-0.25, -0.2) is 0 Å². The lowest BCUT2D eigenvalue weighted by atomic mass is 9.78. The van der Waals surface area contributed by atoms with E-state index in [0.29, 0.717) is 11.0 Å². The Bertz CT molecular complexity index is 683. The molecule has 25 heavy (non-hydrogen) atoms. The molecule has 2 rings (SSSR count). The zero-order valence-corrected chi connectivity index (χ0v) is 15.4. The van der Waals surface area contributed by atoms with E-state index in [1.165, 1.54) is 6.07 Å². The molecular formula is C17H20BF3O3S. The monoisotopic (exact) mass is 372 g/mol. The Kier molecular flexibility index (Phi) is 5.47. The molecule has 1 aliphatic heterocycles. The van der Waals surface area contributed by atoms with Crippen molar-refractivity contribution in [3.05, 3.63) is 40.4 Å². The molecule has 0 bridgehead atoms. The summed E-state index contributed by atoms with van der Waals surface area (Å²) in [6.45, 7) is 7.57. The molecule has 1 fully saturated rings. The molecule has 3 nitrogen and oxygen atoms in total. The fourth-order valence-electron chi connectivity index (χ4n) is 2.41. The van der Waals surface area contributed by atoms with Crippen LogP contribution in [0.5, 0.6) is 0 Å². The van der Waals surface area contributed by atoms with Crippen LogP contribution in [0.2, 0.25) is 0 Å². The van der Waals surface area contributed by atoms with E-state index in [1.807, 2.05) is 27.7 Å². The fraction of sp³-hybridized carbons (Fsp3) is 0.471. The highest BCUT2D eigenvalue weighted by molar-refractivity contribution is 7.80. The molecule has 1 heterocycles. The van der Waals surface area contributed by atoms with Crippen molar-refractivity contribution in [1.29, 1.82) is 0 Å². The minimum atomic E-state index is -4.61. The Labute approximate surface area is 151 Å². The predicted octanol–water partition coefficient (Wildman–Crippen LogP) is 4.46. The molecule has 0 spiro atoms. The summed E-state index contributed by atoms with van der Waals surface area (Å²) < 4.78 is 51.1. The van der Waals surface area contributed by atoms with Crippen molar-refractivity contribution in [3.8, 4) is 0 Å². The Morgan fingerprint density at radius 3 is 2.20 bits per heavy atom. The Hall–Kier alpha value is -1.25. The third-order valence-electron chi connectivity index (χ3n) is 4.60. The predicted molar refractivity (Wildman–Crippen MR) is 94.7 cm³/mol. The van der Waals surface area contributed by atoms with E-state index < -0.39 is 35.6 Å². The molecule has 0 atom stereocenters. The molecule has 1 aromatic carbocycles. The lowest BCUT2D eigenvalue weighted by molar-refractivity contribution is -0.137. The average molecular weight is 372 g/mol. The Morgan fingerprint density at radius 2 is 1.76 bits per heavy atom. The number of rotatable bonds is 4. The van der Waals surface area contributed by atoms with Crippen LogP contribution in [0.4, 0.5) is 13.2 Å². The molecule has 136 valence electrons. The summed E-state index contributed by atoms with van der Waals surface area (Å²) in [7, 11) is -0.692.